The number of carbonyl (C=O) groups is 1. The molecule has 0 aliphatic heterocycles. The summed E-state index contributed by atoms with van der Waals surface area (Å²) in [7, 11) is 0. The first kappa shape index (κ1) is 9.14. The zero-order chi connectivity index (χ0) is 8.15. The standard InChI is InChI=1S/C7H14N2O/c1-4-5(2)6(9-3)7(8)10/h5-6H,3-4H2,1-2H3,(H2,8,10)/t5-,6?/m0/s1. The van der Waals surface area contributed by atoms with E-state index >= 15 is 0 Å². The number of carbonyl (C=O) groups excluding carboxylic acids is 1. The van der Waals surface area contributed by atoms with Crippen LogP contribution in [0.5, 0.6) is 0 Å². The van der Waals surface area contributed by atoms with Crippen LogP contribution in [0.25, 0.3) is 0 Å². The Bertz CT molecular complexity index is 134. The summed E-state index contributed by atoms with van der Waals surface area (Å²) >= 11 is 0. The minimum absolute atomic E-state index is 0.204. The van der Waals surface area contributed by atoms with E-state index < -0.39 is 6.04 Å². The van der Waals surface area contributed by atoms with Gasteiger partial charge in [0.1, 0.15) is 6.04 Å². The Balaban J connectivity index is 4.05. The van der Waals surface area contributed by atoms with Crippen molar-refractivity contribution in [2.75, 3.05) is 0 Å². The monoisotopic (exact) mass is 142 g/mol. The van der Waals surface area contributed by atoms with Crippen LogP contribution in [0.4, 0.5) is 0 Å². The second kappa shape index (κ2) is 4.04. The molecule has 3 heteroatoms. The van der Waals surface area contributed by atoms with E-state index in [1.54, 1.807) is 0 Å². The predicted octanol–water partition coefficient (Wildman–Crippen LogP) is 0.587. The summed E-state index contributed by atoms with van der Waals surface area (Å²) in [5.74, 6) is -0.181. The predicted molar refractivity (Wildman–Crippen MR) is 42.0 cm³/mol. The highest BCUT2D eigenvalue weighted by Crippen LogP contribution is 2.09. The first-order chi connectivity index (χ1) is 4.63. The average molecular weight is 142 g/mol. The van der Waals surface area contributed by atoms with Crippen LogP contribution in [0.1, 0.15) is 20.3 Å². The first-order valence-corrected chi connectivity index (χ1v) is 3.38. The summed E-state index contributed by atoms with van der Waals surface area (Å²) in [6, 6.07) is -0.412. The number of amides is 1. The van der Waals surface area contributed by atoms with Crippen molar-refractivity contribution in [2.24, 2.45) is 16.6 Å². The molecule has 10 heavy (non-hydrogen) atoms. The maximum absolute atomic E-state index is 10.6. The Hall–Kier alpha value is -0.860. The second-order valence-electron chi connectivity index (χ2n) is 2.42. The number of aliphatic imine (C=N–C) groups is 1. The third kappa shape index (κ3) is 2.17. The molecule has 0 aromatic carbocycles. The van der Waals surface area contributed by atoms with Crippen molar-refractivity contribution in [3.05, 3.63) is 0 Å². The van der Waals surface area contributed by atoms with E-state index in [9.17, 15) is 4.79 Å². The molecule has 0 rings (SSSR count). The van der Waals surface area contributed by atoms with Gasteiger partial charge in [-0.15, -0.1) is 0 Å². The van der Waals surface area contributed by atoms with E-state index in [2.05, 4.69) is 11.7 Å². The summed E-state index contributed by atoms with van der Waals surface area (Å²) in [5.41, 5.74) is 5.05. The van der Waals surface area contributed by atoms with Gasteiger partial charge in [-0.3, -0.25) is 9.79 Å². The number of hydrogen-bond donors (Lipinski definition) is 1. The number of nitrogens with zero attached hydrogens (tertiary/aromatic N) is 1. The highest BCUT2D eigenvalue weighted by atomic mass is 16.1. The Morgan fingerprint density at radius 3 is 2.40 bits per heavy atom. The molecule has 0 heterocycles. The summed E-state index contributed by atoms with van der Waals surface area (Å²) in [6.07, 6.45) is 0.895. The summed E-state index contributed by atoms with van der Waals surface area (Å²) < 4.78 is 0. The highest BCUT2D eigenvalue weighted by Gasteiger charge is 2.18. The summed E-state index contributed by atoms with van der Waals surface area (Å²) in [4.78, 5) is 14.3. The Labute approximate surface area is 61.3 Å². The van der Waals surface area contributed by atoms with E-state index in [1.165, 1.54) is 0 Å². The van der Waals surface area contributed by atoms with Gasteiger partial charge in [-0.2, -0.15) is 0 Å². The maximum Gasteiger partial charge on any atom is 0.242 e. The second-order valence-corrected chi connectivity index (χ2v) is 2.42. The molecular weight excluding hydrogens is 128 g/mol. The molecule has 3 nitrogen and oxygen atoms in total. The third-order valence-electron chi connectivity index (χ3n) is 1.67. The molecule has 0 saturated carbocycles. The minimum Gasteiger partial charge on any atom is -0.368 e. The van der Waals surface area contributed by atoms with Crippen LogP contribution in [-0.4, -0.2) is 18.7 Å². The molecular formula is C7H14N2O. The molecule has 0 aliphatic carbocycles. The van der Waals surface area contributed by atoms with E-state index in [-0.39, 0.29) is 11.8 Å². The van der Waals surface area contributed by atoms with Crippen LogP contribution >= 0.6 is 0 Å². The van der Waals surface area contributed by atoms with Crippen molar-refractivity contribution >= 4 is 12.6 Å². The lowest BCUT2D eigenvalue weighted by Crippen LogP contribution is -2.32. The topological polar surface area (TPSA) is 55.4 Å². The molecule has 0 aromatic heterocycles. The van der Waals surface area contributed by atoms with Gasteiger partial charge in [0.05, 0.1) is 0 Å². The van der Waals surface area contributed by atoms with Gasteiger partial charge in [0.25, 0.3) is 0 Å². The van der Waals surface area contributed by atoms with E-state index in [0.717, 1.165) is 6.42 Å². The molecule has 0 aliphatic rings. The smallest absolute Gasteiger partial charge is 0.242 e. The van der Waals surface area contributed by atoms with Crippen LogP contribution in [0.15, 0.2) is 4.99 Å². The summed E-state index contributed by atoms with van der Waals surface area (Å²) in [6.45, 7) is 7.23. The first-order valence-electron chi connectivity index (χ1n) is 3.38. The molecule has 1 unspecified atom stereocenters. The van der Waals surface area contributed by atoms with Gasteiger partial charge in [-0.25, -0.2) is 0 Å². The van der Waals surface area contributed by atoms with Crippen molar-refractivity contribution in [1.82, 2.24) is 0 Å². The maximum atomic E-state index is 10.6. The highest BCUT2D eigenvalue weighted by molar-refractivity contribution is 5.80. The lowest BCUT2D eigenvalue weighted by molar-refractivity contribution is -0.120. The van der Waals surface area contributed by atoms with Crippen LogP contribution < -0.4 is 5.73 Å². The molecule has 0 fully saturated rings. The zero-order valence-electron chi connectivity index (χ0n) is 6.50. The Morgan fingerprint density at radius 1 is 1.80 bits per heavy atom. The zero-order valence-corrected chi connectivity index (χ0v) is 6.50. The van der Waals surface area contributed by atoms with Gasteiger partial charge in [-0.1, -0.05) is 20.3 Å². The molecule has 2 N–H and O–H groups in total. The van der Waals surface area contributed by atoms with Crippen molar-refractivity contribution in [1.29, 1.82) is 0 Å². The lowest BCUT2D eigenvalue weighted by Gasteiger charge is -2.13. The Kier molecular flexibility index (Phi) is 3.69. The number of hydrogen-bond acceptors (Lipinski definition) is 2. The van der Waals surface area contributed by atoms with Gasteiger partial charge in [0.2, 0.25) is 5.91 Å². The minimum atomic E-state index is -0.412. The molecule has 0 aromatic rings. The van der Waals surface area contributed by atoms with Crippen molar-refractivity contribution in [3.63, 3.8) is 0 Å². The van der Waals surface area contributed by atoms with E-state index in [0.29, 0.717) is 0 Å². The fourth-order valence-corrected chi connectivity index (χ4v) is 0.774. The van der Waals surface area contributed by atoms with Gasteiger partial charge >= 0.3 is 0 Å². The van der Waals surface area contributed by atoms with Crippen LogP contribution in [-0.2, 0) is 4.79 Å². The molecule has 0 spiro atoms. The van der Waals surface area contributed by atoms with E-state index in [4.69, 9.17) is 5.73 Å². The molecule has 2 atom stereocenters. The quantitative estimate of drug-likeness (QED) is 0.574. The lowest BCUT2D eigenvalue weighted by atomic mass is 10.00. The van der Waals surface area contributed by atoms with Crippen LogP contribution in [0.2, 0.25) is 0 Å². The molecule has 0 radical (unpaired) electrons. The normalized spacial score (nSPS) is 15.8. The van der Waals surface area contributed by atoms with Gasteiger partial charge in [0.15, 0.2) is 0 Å². The largest absolute Gasteiger partial charge is 0.368 e. The molecule has 0 saturated heterocycles. The number of nitrogens with two attached hydrogens (primary N) is 1. The van der Waals surface area contributed by atoms with Crippen LogP contribution in [0, 0.1) is 5.92 Å². The van der Waals surface area contributed by atoms with Gasteiger partial charge < -0.3 is 5.73 Å². The average Bonchev–Trinajstić information content (AvgIpc) is 1.88. The van der Waals surface area contributed by atoms with Crippen molar-refractivity contribution < 1.29 is 4.79 Å². The SMILES string of the molecule is C=NC(C(N)=O)[C@@H](C)CC. The van der Waals surface area contributed by atoms with Gasteiger partial charge in [0, 0.05) is 0 Å². The number of primary amides is 1. The number of rotatable bonds is 4. The fourth-order valence-electron chi connectivity index (χ4n) is 0.774. The van der Waals surface area contributed by atoms with Gasteiger partial charge in [-0.05, 0) is 12.6 Å². The van der Waals surface area contributed by atoms with Crippen molar-refractivity contribution in [2.45, 2.75) is 26.3 Å². The van der Waals surface area contributed by atoms with Crippen LogP contribution in [0.3, 0.4) is 0 Å². The van der Waals surface area contributed by atoms with E-state index in [1.807, 2.05) is 13.8 Å². The van der Waals surface area contributed by atoms with Crippen molar-refractivity contribution in [3.8, 4) is 0 Å². The molecule has 0 bridgehead atoms. The molecule has 1 amide bonds. The third-order valence-corrected chi connectivity index (χ3v) is 1.67. The molecule has 58 valence electrons. The fraction of sp³-hybridized carbons (Fsp3) is 0.714. The Morgan fingerprint density at radius 2 is 2.30 bits per heavy atom. The summed E-state index contributed by atoms with van der Waals surface area (Å²) in [5, 5.41) is 0.